The molecule has 3 heteroatoms. The van der Waals surface area contributed by atoms with Gasteiger partial charge in [-0.05, 0) is 78.3 Å². The molecule has 21 heavy (non-hydrogen) atoms. The van der Waals surface area contributed by atoms with E-state index >= 15 is 0 Å². The Hall–Kier alpha value is -0.590. The molecule has 0 aliphatic heterocycles. The molecule has 1 aliphatic rings. The largest absolute Gasteiger partial charge is 0.300 e. The first-order chi connectivity index (χ1) is 9.86. The smallest absolute Gasteiger partial charge is 0.104 e. The SMILES string of the molecule is CC(C)CCN(CCCCC(C)(C#N)NC(C)C)C1CC1. The zero-order valence-electron chi connectivity index (χ0n) is 14.8. The van der Waals surface area contributed by atoms with Crippen LogP contribution in [0.15, 0.2) is 0 Å². The first kappa shape index (κ1) is 18.5. The lowest BCUT2D eigenvalue weighted by Gasteiger charge is -2.27. The second-order valence-electron chi connectivity index (χ2n) is 7.65. The van der Waals surface area contributed by atoms with Crippen LogP contribution in [0.2, 0.25) is 0 Å². The van der Waals surface area contributed by atoms with Crippen LogP contribution in [0.25, 0.3) is 0 Å². The lowest BCUT2D eigenvalue weighted by Crippen LogP contribution is -2.45. The van der Waals surface area contributed by atoms with Gasteiger partial charge in [0.05, 0.1) is 6.07 Å². The van der Waals surface area contributed by atoms with E-state index in [4.69, 9.17) is 0 Å². The maximum Gasteiger partial charge on any atom is 0.104 e. The van der Waals surface area contributed by atoms with Crippen molar-refractivity contribution in [1.29, 1.82) is 5.26 Å². The first-order valence-electron chi connectivity index (χ1n) is 8.79. The summed E-state index contributed by atoms with van der Waals surface area (Å²) in [5.41, 5.74) is -0.365. The van der Waals surface area contributed by atoms with Gasteiger partial charge >= 0.3 is 0 Å². The summed E-state index contributed by atoms with van der Waals surface area (Å²) in [6.45, 7) is 13.3. The number of nitriles is 1. The van der Waals surface area contributed by atoms with E-state index in [9.17, 15) is 5.26 Å². The van der Waals surface area contributed by atoms with Gasteiger partial charge in [0.2, 0.25) is 0 Å². The van der Waals surface area contributed by atoms with Crippen molar-refractivity contribution >= 4 is 0 Å². The summed E-state index contributed by atoms with van der Waals surface area (Å²) >= 11 is 0. The van der Waals surface area contributed by atoms with Crippen molar-refractivity contribution in [1.82, 2.24) is 10.2 Å². The average Bonchev–Trinajstić information content (AvgIpc) is 3.21. The van der Waals surface area contributed by atoms with Gasteiger partial charge in [-0.25, -0.2) is 0 Å². The minimum atomic E-state index is -0.365. The zero-order valence-corrected chi connectivity index (χ0v) is 14.8. The van der Waals surface area contributed by atoms with Gasteiger partial charge in [-0.3, -0.25) is 5.32 Å². The number of unbranched alkanes of at least 4 members (excludes halogenated alkanes) is 1. The predicted octanol–water partition coefficient (Wildman–Crippen LogP) is 3.95. The standard InChI is InChI=1S/C18H35N3/c1-15(2)10-13-21(17-8-9-17)12-7-6-11-18(5,14-19)20-16(3)4/h15-17,20H,6-13H2,1-5H3. The van der Waals surface area contributed by atoms with Crippen molar-refractivity contribution in [3.05, 3.63) is 0 Å². The third-order valence-corrected chi connectivity index (χ3v) is 4.28. The van der Waals surface area contributed by atoms with E-state index in [0.29, 0.717) is 6.04 Å². The van der Waals surface area contributed by atoms with Crippen LogP contribution in [-0.4, -0.2) is 35.6 Å². The number of nitrogens with zero attached hydrogens (tertiary/aromatic N) is 2. The minimum absolute atomic E-state index is 0.364. The number of rotatable bonds is 11. The molecule has 1 saturated carbocycles. The topological polar surface area (TPSA) is 39.1 Å². The normalized spacial score (nSPS) is 18.2. The molecule has 0 saturated heterocycles. The Kier molecular flexibility index (Phi) is 7.70. The summed E-state index contributed by atoms with van der Waals surface area (Å²) in [7, 11) is 0. The Bertz CT molecular complexity index is 328. The van der Waals surface area contributed by atoms with Crippen LogP contribution in [0.1, 0.15) is 73.1 Å². The number of hydrogen-bond acceptors (Lipinski definition) is 3. The Morgan fingerprint density at radius 1 is 1.19 bits per heavy atom. The Balaban J connectivity index is 2.25. The molecule has 1 unspecified atom stereocenters. The van der Waals surface area contributed by atoms with Gasteiger partial charge in [-0.1, -0.05) is 13.8 Å². The summed E-state index contributed by atoms with van der Waals surface area (Å²) in [5, 5.41) is 12.8. The highest BCUT2D eigenvalue weighted by atomic mass is 15.2. The van der Waals surface area contributed by atoms with E-state index < -0.39 is 0 Å². The highest BCUT2D eigenvalue weighted by Crippen LogP contribution is 2.28. The fourth-order valence-electron chi connectivity index (χ4n) is 2.93. The van der Waals surface area contributed by atoms with E-state index in [-0.39, 0.29) is 5.54 Å². The number of nitrogens with one attached hydrogen (secondary N) is 1. The van der Waals surface area contributed by atoms with Gasteiger partial charge in [0, 0.05) is 12.1 Å². The molecule has 1 rings (SSSR count). The first-order valence-corrected chi connectivity index (χ1v) is 8.79. The van der Waals surface area contributed by atoms with Gasteiger partial charge in [-0.15, -0.1) is 0 Å². The Morgan fingerprint density at radius 3 is 2.33 bits per heavy atom. The minimum Gasteiger partial charge on any atom is -0.300 e. The molecule has 1 atom stereocenters. The molecule has 122 valence electrons. The predicted molar refractivity (Wildman–Crippen MR) is 90.2 cm³/mol. The lowest BCUT2D eigenvalue weighted by atomic mass is 9.95. The summed E-state index contributed by atoms with van der Waals surface area (Å²) in [5.74, 6) is 0.795. The van der Waals surface area contributed by atoms with Gasteiger partial charge in [0.15, 0.2) is 0 Å². The maximum absolute atomic E-state index is 9.36. The van der Waals surface area contributed by atoms with Gasteiger partial charge in [0.25, 0.3) is 0 Å². The molecular weight excluding hydrogens is 258 g/mol. The Morgan fingerprint density at radius 2 is 1.86 bits per heavy atom. The van der Waals surface area contributed by atoms with Crippen LogP contribution < -0.4 is 5.32 Å². The maximum atomic E-state index is 9.36. The number of hydrogen-bond donors (Lipinski definition) is 1. The summed E-state index contributed by atoms with van der Waals surface area (Å²) in [6.07, 6.45) is 7.39. The van der Waals surface area contributed by atoms with Gasteiger partial charge < -0.3 is 4.90 Å². The van der Waals surface area contributed by atoms with E-state index in [0.717, 1.165) is 24.8 Å². The van der Waals surface area contributed by atoms with Crippen LogP contribution in [0.4, 0.5) is 0 Å². The van der Waals surface area contributed by atoms with Crippen molar-refractivity contribution in [2.75, 3.05) is 13.1 Å². The van der Waals surface area contributed by atoms with E-state index in [1.54, 1.807) is 0 Å². The molecule has 0 aromatic carbocycles. The summed E-state index contributed by atoms with van der Waals surface area (Å²) in [6, 6.07) is 3.67. The van der Waals surface area contributed by atoms with Crippen molar-refractivity contribution in [3.8, 4) is 6.07 Å². The van der Waals surface area contributed by atoms with Crippen molar-refractivity contribution in [2.45, 2.75) is 90.8 Å². The summed E-state index contributed by atoms with van der Waals surface area (Å²) < 4.78 is 0. The molecule has 0 spiro atoms. The van der Waals surface area contributed by atoms with Crippen LogP contribution in [0, 0.1) is 17.2 Å². The van der Waals surface area contributed by atoms with Gasteiger partial charge in [0.1, 0.15) is 5.54 Å². The third-order valence-electron chi connectivity index (χ3n) is 4.28. The second-order valence-corrected chi connectivity index (χ2v) is 7.65. The van der Waals surface area contributed by atoms with Crippen LogP contribution in [0.3, 0.4) is 0 Å². The fourth-order valence-corrected chi connectivity index (χ4v) is 2.93. The van der Waals surface area contributed by atoms with Crippen molar-refractivity contribution in [3.63, 3.8) is 0 Å². The van der Waals surface area contributed by atoms with Crippen molar-refractivity contribution < 1.29 is 0 Å². The molecule has 1 fully saturated rings. The molecule has 1 aliphatic carbocycles. The molecule has 3 nitrogen and oxygen atoms in total. The molecular formula is C18H35N3. The fraction of sp³-hybridized carbons (Fsp3) is 0.944. The van der Waals surface area contributed by atoms with Crippen LogP contribution >= 0.6 is 0 Å². The van der Waals surface area contributed by atoms with E-state index in [2.05, 4.69) is 44.0 Å². The second kappa shape index (κ2) is 8.76. The van der Waals surface area contributed by atoms with Crippen LogP contribution in [0.5, 0.6) is 0 Å². The quantitative estimate of drug-likeness (QED) is 0.586. The molecule has 0 heterocycles. The average molecular weight is 293 g/mol. The molecule has 0 radical (unpaired) electrons. The van der Waals surface area contributed by atoms with E-state index in [1.807, 2.05) is 6.92 Å². The monoisotopic (exact) mass is 293 g/mol. The molecule has 0 aromatic rings. The zero-order chi connectivity index (χ0) is 15.9. The molecule has 0 aromatic heterocycles. The third kappa shape index (κ3) is 7.83. The highest BCUT2D eigenvalue weighted by molar-refractivity contribution is 5.04. The Labute approximate surface area is 132 Å². The summed E-state index contributed by atoms with van der Waals surface area (Å²) in [4.78, 5) is 2.68. The highest BCUT2D eigenvalue weighted by Gasteiger charge is 2.29. The molecule has 0 amide bonds. The molecule has 0 bridgehead atoms. The van der Waals surface area contributed by atoms with Crippen molar-refractivity contribution in [2.24, 2.45) is 5.92 Å². The molecule has 1 N–H and O–H groups in total. The van der Waals surface area contributed by atoms with Gasteiger partial charge in [-0.2, -0.15) is 5.26 Å². The lowest BCUT2D eigenvalue weighted by molar-refractivity contribution is 0.238. The van der Waals surface area contributed by atoms with Crippen LogP contribution in [-0.2, 0) is 0 Å². The van der Waals surface area contributed by atoms with E-state index in [1.165, 1.54) is 38.8 Å².